The largest absolute Gasteiger partial charge is 0.291 e. The first-order valence-corrected chi connectivity index (χ1v) is 11.9. The molecule has 0 spiro atoms. The normalized spacial score (nSPS) is 43.6. The van der Waals surface area contributed by atoms with Crippen molar-refractivity contribution in [3.8, 4) is 0 Å². The Labute approximate surface area is 168 Å². The lowest BCUT2D eigenvalue weighted by Crippen LogP contribution is -2.46. The average molecular weight is 373 g/mol. The molecule has 3 rings (SSSR count). The van der Waals surface area contributed by atoms with Crippen LogP contribution in [-0.4, -0.2) is 23.3 Å². The third kappa shape index (κ3) is 5.84. The summed E-state index contributed by atoms with van der Waals surface area (Å²) < 4.78 is 0. The van der Waals surface area contributed by atoms with Crippen LogP contribution in [0.2, 0.25) is 0 Å². The van der Waals surface area contributed by atoms with Crippen LogP contribution in [0, 0.1) is 35.5 Å². The highest BCUT2D eigenvalue weighted by Crippen LogP contribution is 2.38. The molecule has 0 aromatic heterocycles. The lowest BCUT2D eigenvalue weighted by Gasteiger charge is -2.45. The maximum atomic E-state index is 5.27. The molecule has 0 aromatic carbocycles. The van der Waals surface area contributed by atoms with Gasteiger partial charge in [0.25, 0.3) is 0 Å². The lowest BCUT2D eigenvalue weighted by atomic mass is 9.77. The summed E-state index contributed by atoms with van der Waals surface area (Å²) in [6, 6.07) is 1.32. The van der Waals surface area contributed by atoms with Crippen LogP contribution in [0.25, 0.3) is 0 Å². The fraction of sp³-hybridized carbons (Fsp3) is 0.880. The fourth-order valence-corrected chi connectivity index (χ4v) is 6.43. The van der Waals surface area contributed by atoms with Gasteiger partial charge in [0.2, 0.25) is 0 Å². The van der Waals surface area contributed by atoms with Gasteiger partial charge >= 0.3 is 0 Å². The highest BCUT2D eigenvalue weighted by molar-refractivity contribution is 5.60. The van der Waals surface area contributed by atoms with Crippen molar-refractivity contribution >= 4 is 6.21 Å². The second-order valence-corrected chi connectivity index (χ2v) is 10.7. The van der Waals surface area contributed by atoms with Crippen LogP contribution in [0.5, 0.6) is 0 Å². The molecular weight excluding hydrogens is 328 g/mol. The van der Waals surface area contributed by atoms with Crippen LogP contribution >= 0.6 is 0 Å². The predicted molar refractivity (Wildman–Crippen MR) is 118 cm³/mol. The van der Waals surface area contributed by atoms with E-state index in [1.165, 1.54) is 64.2 Å². The second kappa shape index (κ2) is 9.61. The number of hydrogen-bond acceptors (Lipinski definition) is 2. The first-order chi connectivity index (χ1) is 12.9. The Morgan fingerprint density at radius 1 is 0.667 bits per heavy atom. The maximum Gasteiger partial charge on any atom is 0.0478 e. The van der Waals surface area contributed by atoms with E-state index < -0.39 is 0 Å². The SMILES string of the molecule is C=CC1CCC(C=NN(C2CC(C)CC(C)C2)C2CC(C)CC(C)C2)CC1. The van der Waals surface area contributed by atoms with E-state index >= 15 is 0 Å². The van der Waals surface area contributed by atoms with E-state index in [1.807, 2.05) is 0 Å². The van der Waals surface area contributed by atoms with Gasteiger partial charge in [0, 0.05) is 18.3 Å². The molecule has 3 saturated carbocycles. The van der Waals surface area contributed by atoms with E-state index in [1.54, 1.807) is 0 Å². The number of hydrogen-bond donors (Lipinski definition) is 0. The van der Waals surface area contributed by atoms with Gasteiger partial charge in [-0.1, -0.05) is 33.8 Å². The van der Waals surface area contributed by atoms with Crippen molar-refractivity contribution in [3.05, 3.63) is 12.7 Å². The Bertz CT molecular complexity index is 445. The van der Waals surface area contributed by atoms with Gasteiger partial charge in [-0.2, -0.15) is 5.10 Å². The Balaban J connectivity index is 1.71. The predicted octanol–water partition coefficient (Wildman–Crippen LogP) is 6.92. The summed E-state index contributed by atoms with van der Waals surface area (Å²) >= 11 is 0. The molecule has 2 heteroatoms. The smallest absolute Gasteiger partial charge is 0.0478 e. The van der Waals surface area contributed by atoms with Crippen molar-refractivity contribution in [1.82, 2.24) is 5.01 Å². The summed E-state index contributed by atoms with van der Waals surface area (Å²) in [5, 5.41) is 7.89. The summed E-state index contributed by atoms with van der Waals surface area (Å²) in [7, 11) is 0. The third-order valence-corrected chi connectivity index (χ3v) is 7.62. The molecule has 2 nitrogen and oxygen atoms in total. The molecule has 3 fully saturated rings. The van der Waals surface area contributed by atoms with Crippen molar-refractivity contribution in [2.45, 2.75) is 104 Å². The van der Waals surface area contributed by atoms with E-state index in [-0.39, 0.29) is 0 Å². The molecule has 3 aliphatic rings. The van der Waals surface area contributed by atoms with Crippen molar-refractivity contribution in [2.24, 2.45) is 40.6 Å². The minimum atomic E-state index is 0.659. The summed E-state index contributed by atoms with van der Waals surface area (Å²) in [4.78, 5) is 0. The maximum absolute atomic E-state index is 5.27. The van der Waals surface area contributed by atoms with Crippen LogP contribution in [-0.2, 0) is 0 Å². The van der Waals surface area contributed by atoms with Gasteiger partial charge in [0.15, 0.2) is 0 Å². The van der Waals surface area contributed by atoms with Gasteiger partial charge in [-0.3, -0.25) is 5.01 Å². The third-order valence-electron chi connectivity index (χ3n) is 7.62. The van der Waals surface area contributed by atoms with Crippen LogP contribution in [0.15, 0.2) is 17.8 Å². The number of hydrazone groups is 1. The first kappa shape index (κ1) is 20.9. The summed E-state index contributed by atoms with van der Waals surface area (Å²) in [5.41, 5.74) is 0. The number of rotatable bonds is 5. The van der Waals surface area contributed by atoms with Crippen LogP contribution in [0.3, 0.4) is 0 Å². The number of allylic oxidation sites excluding steroid dienone is 1. The van der Waals surface area contributed by atoms with Crippen molar-refractivity contribution in [1.29, 1.82) is 0 Å². The molecule has 0 saturated heterocycles. The van der Waals surface area contributed by atoms with E-state index in [0.717, 1.165) is 29.6 Å². The molecule has 27 heavy (non-hydrogen) atoms. The Kier molecular flexibility index (Phi) is 7.45. The molecule has 0 aromatic rings. The molecule has 0 radical (unpaired) electrons. The number of nitrogens with zero attached hydrogens (tertiary/aromatic N) is 2. The van der Waals surface area contributed by atoms with E-state index in [0.29, 0.717) is 18.0 Å². The molecule has 4 unspecified atom stereocenters. The monoisotopic (exact) mass is 372 g/mol. The van der Waals surface area contributed by atoms with Gasteiger partial charge in [-0.15, -0.1) is 6.58 Å². The fourth-order valence-electron chi connectivity index (χ4n) is 6.43. The van der Waals surface area contributed by atoms with Crippen LogP contribution in [0.4, 0.5) is 0 Å². The van der Waals surface area contributed by atoms with Gasteiger partial charge in [0.1, 0.15) is 0 Å². The van der Waals surface area contributed by atoms with Crippen LogP contribution in [0.1, 0.15) is 91.9 Å². The molecule has 0 aliphatic heterocycles. The van der Waals surface area contributed by atoms with Gasteiger partial charge in [-0.25, -0.2) is 0 Å². The zero-order valence-electron chi connectivity index (χ0n) is 18.4. The van der Waals surface area contributed by atoms with E-state index in [9.17, 15) is 0 Å². The average Bonchev–Trinajstić information content (AvgIpc) is 2.61. The quantitative estimate of drug-likeness (QED) is 0.290. The van der Waals surface area contributed by atoms with Crippen molar-refractivity contribution < 1.29 is 0 Å². The standard InChI is InChI=1S/C25H44N2/c1-6-22-7-9-23(10-8-22)17-26-27(24-13-18(2)11-19(3)14-24)25-15-20(4)12-21(5)16-25/h6,17-25H,1,7-16H2,2-5H3. The molecule has 0 heterocycles. The summed E-state index contributed by atoms with van der Waals surface area (Å²) in [5.74, 6) is 4.80. The molecule has 4 atom stereocenters. The molecule has 0 N–H and O–H groups in total. The zero-order valence-corrected chi connectivity index (χ0v) is 18.4. The first-order valence-electron chi connectivity index (χ1n) is 11.9. The topological polar surface area (TPSA) is 15.6 Å². The minimum Gasteiger partial charge on any atom is -0.291 e. The van der Waals surface area contributed by atoms with Crippen molar-refractivity contribution in [2.75, 3.05) is 0 Å². The Morgan fingerprint density at radius 2 is 1.07 bits per heavy atom. The zero-order chi connectivity index (χ0) is 19.4. The van der Waals surface area contributed by atoms with Gasteiger partial charge in [-0.05, 0) is 99.7 Å². The minimum absolute atomic E-state index is 0.659. The molecule has 0 bridgehead atoms. The second-order valence-electron chi connectivity index (χ2n) is 10.7. The van der Waals surface area contributed by atoms with Crippen LogP contribution < -0.4 is 0 Å². The summed E-state index contributed by atoms with van der Waals surface area (Å²) in [6.45, 7) is 13.8. The molecule has 0 amide bonds. The molecule has 154 valence electrons. The highest BCUT2D eigenvalue weighted by Gasteiger charge is 2.35. The molecule has 3 aliphatic carbocycles. The Morgan fingerprint density at radius 3 is 1.48 bits per heavy atom. The van der Waals surface area contributed by atoms with Gasteiger partial charge in [0.05, 0.1) is 0 Å². The van der Waals surface area contributed by atoms with E-state index in [2.05, 4.69) is 51.6 Å². The van der Waals surface area contributed by atoms with E-state index in [4.69, 9.17) is 5.10 Å². The van der Waals surface area contributed by atoms with Crippen molar-refractivity contribution in [3.63, 3.8) is 0 Å². The molecular formula is C25H44N2. The Hall–Kier alpha value is -0.790. The highest BCUT2D eigenvalue weighted by atomic mass is 15.5. The van der Waals surface area contributed by atoms with Gasteiger partial charge < -0.3 is 0 Å². The summed E-state index contributed by atoms with van der Waals surface area (Å²) in [6.07, 6.45) is 17.9. The lowest BCUT2D eigenvalue weighted by molar-refractivity contribution is 0.0357.